The molecule has 6 nitrogen and oxygen atoms in total. The number of nitrogens with one attached hydrogen (secondary N) is 2. The van der Waals surface area contributed by atoms with Crippen LogP contribution in [0.25, 0.3) is 0 Å². The van der Waals surface area contributed by atoms with Crippen LogP contribution < -0.4 is 10.6 Å². The first-order chi connectivity index (χ1) is 12.0. The summed E-state index contributed by atoms with van der Waals surface area (Å²) in [5.74, 6) is -2.10. The molecular formula is C17H18F3N3O3. The van der Waals surface area contributed by atoms with Crippen LogP contribution in [0.4, 0.5) is 18.9 Å². The third-order valence-electron chi connectivity index (χ3n) is 3.27. The van der Waals surface area contributed by atoms with Crippen LogP contribution in [0.15, 0.2) is 36.0 Å². The highest BCUT2D eigenvalue weighted by Crippen LogP contribution is 2.29. The molecule has 3 N–H and O–H groups in total. The van der Waals surface area contributed by atoms with E-state index < -0.39 is 35.2 Å². The zero-order valence-electron chi connectivity index (χ0n) is 14.1. The maximum absolute atomic E-state index is 12.5. The summed E-state index contributed by atoms with van der Waals surface area (Å²) < 4.78 is 37.5. The Bertz CT molecular complexity index is 719. The van der Waals surface area contributed by atoms with Crippen molar-refractivity contribution in [3.63, 3.8) is 0 Å². The van der Waals surface area contributed by atoms with Gasteiger partial charge in [0.05, 0.1) is 5.56 Å². The fourth-order valence-electron chi connectivity index (χ4n) is 1.99. The van der Waals surface area contributed by atoms with E-state index in [0.29, 0.717) is 0 Å². The summed E-state index contributed by atoms with van der Waals surface area (Å²) in [6.07, 6.45) is -3.27. The molecule has 0 saturated heterocycles. The summed E-state index contributed by atoms with van der Waals surface area (Å²) in [5, 5.41) is 22.9. The number of carbonyl (C=O) groups is 2. The van der Waals surface area contributed by atoms with Crippen molar-refractivity contribution in [1.29, 1.82) is 5.26 Å². The zero-order valence-corrected chi connectivity index (χ0v) is 14.1. The molecule has 0 saturated carbocycles. The number of hydrogen-bond acceptors (Lipinski definition) is 4. The molecule has 0 radical (unpaired) electrons. The molecule has 1 aromatic carbocycles. The van der Waals surface area contributed by atoms with Crippen molar-refractivity contribution in [3.8, 4) is 6.07 Å². The standard InChI is InChI=1S/C17H18F3N3O3/c1-10(2)7-14(16(25)26)23-15(24)11(8-21)9-22-13-5-3-12(4-6-13)17(18,19)20/h3-6,9-10,14,22H,7H2,1-2H3,(H,23,24)(H,25,26)/b11-9-. The second kappa shape index (κ2) is 8.89. The average Bonchev–Trinajstić information content (AvgIpc) is 2.54. The van der Waals surface area contributed by atoms with Gasteiger partial charge < -0.3 is 15.7 Å². The van der Waals surface area contributed by atoms with Gasteiger partial charge >= 0.3 is 12.1 Å². The van der Waals surface area contributed by atoms with E-state index >= 15 is 0 Å². The first-order valence-electron chi connectivity index (χ1n) is 7.62. The van der Waals surface area contributed by atoms with Gasteiger partial charge in [-0.15, -0.1) is 0 Å². The van der Waals surface area contributed by atoms with Crippen LogP contribution in [-0.2, 0) is 15.8 Å². The number of rotatable bonds is 7. The molecule has 0 aliphatic carbocycles. The lowest BCUT2D eigenvalue weighted by Crippen LogP contribution is -2.42. The van der Waals surface area contributed by atoms with E-state index in [-0.39, 0.29) is 18.0 Å². The first kappa shape index (κ1) is 21.0. The lowest BCUT2D eigenvalue weighted by Gasteiger charge is -2.16. The minimum atomic E-state index is -4.46. The van der Waals surface area contributed by atoms with E-state index in [1.165, 1.54) is 0 Å². The molecule has 1 rings (SSSR count). The van der Waals surface area contributed by atoms with Gasteiger partial charge in [0.15, 0.2) is 0 Å². The number of anilines is 1. The van der Waals surface area contributed by atoms with Crippen molar-refractivity contribution >= 4 is 17.6 Å². The minimum absolute atomic E-state index is 0.0104. The quantitative estimate of drug-likeness (QED) is 0.506. The van der Waals surface area contributed by atoms with Crippen molar-refractivity contribution in [2.45, 2.75) is 32.5 Å². The Labute approximate surface area is 148 Å². The summed E-state index contributed by atoms with van der Waals surface area (Å²) in [5.41, 5.74) is -1.00. The summed E-state index contributed by atoms with van der Waals surface area (Å²) >= 11 is 0. The SMILES string of the molecule is CC(C)CC(NC(=O)/C(C#N)=C\Nc1ccc(C(F)(F)F)cc1)C(=O)O. The van der Waals surface area contributed by atoms with Crippen molar-refractivity contribution in [2.75, 3.05) is 5.32 Å². The highest BCUT2D eigenvalue weighted by Gasteiger charge is 2.30. The number of benzene rings is 1. The molecule has 0 aliphatic heterocycles. The van der Waals surface area contributed by atoms with Crippen LogP contribution >= 0.6 is 0 Å². The number of carboxylic acid groups (broad SMARTS) is 1. The summed E-state index contributed by atoms with van der Waals surface area (Å²) in [6, 6.07) is 4.46. The number of hydrogen-bond donors (Lipinski definition) is 3. The number of aliphatic carboxylic acids is 1. The molecule has 9 heteroatoms. The number of halogens is 3. The van der Waals surface area contributed by atoms with Gasteiger partial charge in [-0.3, -0.25) is 4.79 Å². The van der Waals surface area contributed by atoms with Crippen LogP contribution in [0.3, 0.4) is 0 Å². The fraction of sp³-hybridized carbons (Fsp3) is 0.353. The molecule has 140 valence electrons. The number of carboxylic acids is 1. The summed E-state index contributed by atoms with van der Waals surface area (Å²) in [6.45, 7) is 3.57. The summed E-state index contributed by atoms with van der Waals surface area (Å²) in [7, 11) is 0. The lowest BCUT2D eigenvalue weighted by molar-refractivity contribution is -0.141. The molecule has 0 heterocycles. The van der Waals surface area contributed by atoms with Crippen molar-refractivity contribution in [2.24, 2.45) is 5.92 Å². The van der Waals surface area contributed by atoms with Gasteiger partial charge in [0, 0.05) is 11.9 Å². The van der Waals surface area contributed by atoms with Gasteiger partial charge in [0.25, 0.3) is 5.91 Å². The van der Waals surface area contributed by atoms with Gasteiger partial charge in [-0.25, -0.2) is 4.79 Å². The Morgan fingerprint density at radius 3 is 2.27 bits per heavy atom. The topological polar surface area (TPSA) is 102 Å². The van der Waals surface area contributed by atoms with Crippen LogP contribution in [0.1, 0.15) is 25.8 Å². The Morgan fingerprint density at radius 2 is 1.85 bits per heavy atom. The van der Waals surface area contributed by atoms with Crippen LogP contribution in [-0.4, -0.2) is 23.0 Å². The predicted molar refractivity (Wildman–Crippen MR) is 87.8 cm³/mol. The molecular weight excluding hydrogens is 351 g/mol. The van der Waals surface area contributed by atoms with Gasteiger partial charge in [0.1, 0.15) is 17.7 Å². The van der Waals surface area contributed by atoms with Crippen molar-refractivity contribution in [1.82, 2.24) is 5.32 Å². The Morgan fingerprint density at radius 1 is 1.27 bits per heavy atom. The zero-order chi connectivity index (χ0) is 19.9. The maximum Gasteiger partial charge on any atom is 0.416 e. The van der Waals surface area contributed by atoms with Gasteiger partial charge in [0.2, 0.25) is 0 Å². The third kappa shape index (κ3) is 6.47. The molecule has 0 aromatic heterocycles. The highest BCUT2D eigenvalue weighted by molar-refractivity contribution is 5.99. The normalized spacial score (nSPS) is 13.0. The molecule has 0 spiro atoms. The number of nitrogens with zero attached hydrogens (tertiary/aromatic N) is 1. The Hall–Kier alpha value is -3.02. The number of amides is 1. The molecule has 1 atom stereocenters. The highest BCUT2D eigenvalue weighted by atomic mass is 19.4. The minimum Gasteiger partial charge on any atom is -0.480 e. The fourth-order valence-corrected chi connectivity index (χ4v) is 1.99. The van der Waals surface area contributed by atoms with E-state index in [4.69, 9.17) is 10.4 Å². The second-order valence-corrected chi connectivity index (χ2v) is 5.88. The molecule has 1 amide bonds. The lowest BCUT2D eigenvalue weighted by atomic mass is 10.0. The van der Waals surface area contributed by atoms with E-state index in [0.717, 1.165) is 30.5 Å². The van der Waals surface area contributed by atoms with Gasteiger partial charge in [-0.2, -0.15) is 18.4 Å². The number of nitriles is 1. The first-order valence-corrected chi connectivity index (χ1v) is 7.62. The van der Waals surface area contributed by atoms with Crippen LogP contribution in [0, 0.1) is 17.2 Å². The smallest absolute Gasteiger partial charge is 0.416 e. The molecule has 0 fully saturated rings. The third-order valence-corrected chi connectivity index (χ3v) is 3.27. The van der Waals surface area contributed by atoms with E-state index in [2.05, 4.69) is 10.6 Å². The maximum atomic E-state index is 12.5. The molecule has 1 unspecified atom stereocenters. The van der Waals surface area contributed by atoms with E-state index in [1.807, 2.05) is 0 Å². The van der Waals surface area contributed by atoms with Crippen LogP contribution in [0.2, 0.25) is 0 Å². The van der Waals surface area contributed by atoms with Gasteiger partial charge in [-0.1, -0.05) is 13.8 Å². The monoisotopic (exact) mass is 369 g/mol. The van der Waals surface area contributed by atoms with Crippen LogP contribution in [0.5, 0.6) is 0 Å². The Balaban J connectivity index is 2.82. The predicted octanol–water partition coefficient (Wildman–Crippen LogP) is 3.14. The second-order valence-electron chi connectivity index (χ2n) is 5.88. The Kier molecular flexibility index (Phi) is 7.19. The number of carbonyl (C=O) groups excluding carboxylic acids is 1. The largest absolute Gasteiger partial charge is 0.480 e. The van der Waals surface area contributed by atoms with Gasteiger partial charge in [-0.05, 0) is 36.6 Å². The van der Waals surface area contributed by atoms with Crippen molar-refractivity contribution < 1.29 is 27.9 Å². The molecule has 26 heavy (non-hydrogen) atoms. The molecule has 0 bridgehead atoms. The number of alkyl halides is 3. The average molecular weight is 369 g/mol. The summed E-state index contributed by atoms with van der Waals surface area (Å²) in [4.78, 5) is 23.2. The molecule has 0 aliphatic rings. The van der Waals surface area contributed by atoms with E-state index in [1.54, 1.807) is 19.9 Å². The van der Waals surface area contributed by atoms with Crippen molar-refractivity contribution in [3.05, 3.63) is 41.6 Å². The van der Waals surface area contributed by atoms with E-state index in [9.17, 15) is 22.8 Å². The molecule has 1 aromatic rings.